The van der Waals surface area contributed by atoms with Crippen molar-refractivity contribution < 1.29 is 22.7 Å². The lowest BCUT2D eigenvalue weighted by Crippen LogP contribution is -2.54. The van der Waals surface area contributed by atoms with Crippen molar-refractivity contribution in [2.45, 2.75) is 13.8 Å². The summed E-state index contributed by atoms with van der Waals surface area (Å²) in [7, 11) is -3.43. The summed E-state index contributed by atoms with van der Waals surface area (Å²) in [6.45, 7) is 7.50. The first-order valence-electron chi connectivity index (χ1n) is 9.71. The van der Waals surface area contributed by atoms with Crippen LogP contribution in [0.5, 0.6) is 11.5 Å². The van der Waals surface area contributed by atoms with Gasteiger partial charge in [0, 0.05) is 55.9 Å². The number of carbonyl (C=O) groups excluding carboxylic acids is 1. The molecule has 1 saturated heterocycles. The third-order valence-corrected chi connectivity index (χ3v) is 7.81. The van der Waals surface area contributed by atoms with E-state index >= 15 is 0 Å². The van der Waals surface area contributed by atoms with Gasteiger partial charge in [-0.05, 0) is 15.9 Å². The van der Waals surface area contributed by atoms with Gasteiger partial charge in [0.1, 0.15) is 13.2 Å². The Balaban J connectivity index is 1.54. The zero-order valence-electron chi connectivity index (χ0n) is 16.7. The number of piperazine rings is 1. The van der Waals surface area contributed by atoms with Crippen molar-refractivity contribution in [2.75, 3.05) is 64.3 Å². The summed E-state index contributed by atoms with van der Waals surface area (Å²) in [5, 5.41) is 2.88. The Morgan fingerprint density at radius 1 is 1.10 bits per heavy atom. The predicted molar refractivity (Wildman–Crippen MR) is 114 cm³/mol. The highest BCUT2D eigenvalue weighted by molar-refractivity contribution is 9.10. The number of halogens is 1. The van der Waals surface area contributed by atoms with Gasteiger partial charge in [-0.15, -0.1) is 0 Å². The third-order valence-electron chi connectivity index (χ3n) is 4.96. The maximum absolute atomic E-state index is 12.6. The topological polar surface area (TPSA) is 91.4 Å². The molecule has 2 aliphatic heterocycles. The zero-order valence-corrected chi connectivity index (χ0v) is 19.1. The first kappa shape index (κ1) is 22.3. The van der Waals surface area contributed by atoms with Crippen LogP contribution in [0.25, 0.3) is 0 Å². The number of anilines is 1. The standard InChI is InChI=1S/C18H27BrN4O5S/c1-3-22(4-2)29(25,26)23-7-5-21(6-8-23)13-18(24)20-15-12-17-16(11-14(15)19)27-9-10-28-17/h11-12H,3-10,13H2,1-2H3,(H,20,24). The second-order valence-corrected chi connectivity index (χ2v) is 9.57. The summed E-state index contributed by atoms with van der Waals surface area (Å²) >= 11 is 3.44. The molecule has 0 saturated carbocycles. The number of ether oxygens (including phenoxy) is 2. The number of carbonyl (C=O) groups is 1. The van der Waals surface area contributed by atoms with Crippen LogP contribution in [0.4, 0.5) is 5.69 Å². The lowest BCUT2D eigenvalue weighted by atomic mass is 10.2. The number of benzene rings is 1. The molecule has 0 radical (unpaired) electrons. The molecule has 0 unspecified atom stereocenters. The monoisotopic (exact) mass is 490 g/mol. The van der Waals surface area contributed by atoms with E-state index in [1.807, 2.05) is 18.7 Å². The molecule has 11 heteroatoms. The van der Waals surface area contributed by atoms with E-state index in [0.717, 1.165) is 0 Å². The third kappa shape index (κ3) is 5.21. The average Bonchev–Trinajstić information content (AvgIpc) is 2.69. The number of nitrogens with zero attached hydrogens (tertiary/aromatic N) is 3. The quantitative estimate of drug-likeness (QED) is 0.620. The largest absolute Gasteiger partial charge is 0.486 e. The lowest BCUT2D eigenvalue weighted by Gasteiger charge is -2.36. The molecular formula is C18H27BrN4O5S. The summed E-state index contributed by atoms with van der Waals surface area (Å²) in [6, 6.07) is 3.52. The van der Waals surface area contributed by atoms with Gasteiger partial charge in [-0.3, -0.25) is 9.69 Å². The molecular weight excluding hydrogens is 464 g/mol. The smallest absolute Gasteiger partial charge is 0.282 e. The minimum atomic E-state index is -3.43. The first-order chi connectivity index (χ1) is 13.8. The Kier molecular flexibility index (Phi) is 7.38. The van der Waals surface area contributed by atoms with Crippen LogP contribution in [0.15, 0.2) is 16.6 Å². The van der Waals surface area contributed by atoms with Crippen LogP contribution in [0.3, 0.4) is 0 Å². The van der Waals surface area contributed by atoms with Gasteiger partial charge < -0.3 is 14.8 Å². The van der Waals surface area contributed by atoms with Gasteiger partial charge in [-0.2, -0.15) is 17.0 Å². The van der Waals surface area contributed by atoms with Crippen LogP contribution in [-0.4, -0.2) is 86.9 Å². The normalized spacial score (nSPS) is 18.1. The summed E-state index contributed by atoms with van der Waals surface area (Å²) in [6.07, 6.45) is 0. The highest BCUT2D eigenvalue weighted by Crippen LogP contribution is 2.38. The molecule has 9 nitrogen and oxygen atoms in total. The van der Waals surface area contributed by atoms with Crippen LogP contribution in [0, 0.1) is 0 Å². The Bertz CT molecular complexity index is 839. The van der Waals surface area contributed by atoms with E-state index in [-0.39, 0.29) is 12.5 Å². The van der Waals surface area contributed by atoms with Crippen LogP contribution in [-0.2, 0) is 15.0 Å². The highest BCUT2D eigenvalue weighted by atomic mass is 79.9. The van der Waals surface area contributed by atoms with Gasteiger partial charge in [0.2, 0.25) is 5.91 Å². The maximum Gasteiger partial charge on any atom is 0.282 e. The molecule has 1 amide bonds. The van der Waals surface area contributed by atoms with E-state index < -0.39 is 10.2 Å². The Morgan fingerprint density at radius 2 is 1.69 bits per heavy atom. The SMILES string of the molecule is CCN(CC)S(=O)(=O)N1CCN(CC(=O)Nc2cc3c(cc2Br)OCCO3)CC1. The molecule has 1 fully saturated rings. The molecule has 1 aromatic rings. The average molecular weight is 491 g/mol. The molecule has 2 aliphatic rings. The second-order valence-electron chi connectivity index (χ2n) is 6.79. The number of nitrogens with one attached hydrogen (secondary N) is 1. The van der Waals surface area contributed by atoms with E-state index in [9.17, 15) is 13.2 Å². The van der Waals surface area contributed by atoms with Crippen LogP contribution < -0.4 is 14.8 Å². The molecule has 0 spiro atoms. The Labute approximate surface area is 180 Å². The Morgan fingerprint density at radius 3 is 2.28 bits per heavy atom. The van der Waals surface area contributed by atoms with Gasteiger partial charge in [-0.1, -0.05) is 13.8 Å². The van der Waals surface area contributed by atoms with Crippen molar-refractivity contribution in [1.82, 2.24) is 13.5 Å². The summed E-state index contributed by atoms with van der Waals surface area (Å²) in [4.78, 5) is 14.4. The fourth-order valence-electron chi connectivity index (χ4n) is 3.38. The number of fused-ring (bicyclic) bond motifs is 1. The summed E-state index contributed by atoms with van der Waals surface area (Å²) in [5.41, 5.74) is 0.613. The van der Waals surface area contributed by atoms with Crippen molar-refractivity contribution in [3.05, 3.63) is 16.6 Å². The van der Waals surface area contributed by atoms with Gasteiger partial charge >= 0.3 is 0 Å². The van der Waals surface area contributed by atoms with Gasteiger partial charge in [0.15, 0.2) is 11.5 Å². The van der Waals surface area contributed by atoms with Gasteiger partial charge in [0.05, 0.1) is 12.2 Å². The molecule has 162 valence electrons. The van der Waals surface area contributed by atoms with E-state index in [4.69, 9.17) is 9.47 Å². The van der Waals surface area contributed by atoms with Crippen LogP contribution in [0.1, 0.15) is 13.8 Å². The molecule has 0 aliphatic carbocycles. The van der Waals surface area contributed by atoms with E-state index in [1.165, 1.54) is 8.61 Å². The van der Waals surface area contributed by atoms with Crippen LogP contribution in [0.2, 0.25) is 0 Å². The molecule has 2 heterocycles. The zero-order chi connectivity index (χ0) is 21.0. The summed E-state index contributed by atoms with van der Waals surface area (Å²) in [5.74, 6) is 1.08. The molecule has 1 aromatic carbocycles. The number of amides is 1. The fraction of sp³-hybridized carbons (Fsp3) is 0.611. The molecule has 29 heavy (non-hydrogen) atoms. The van der Waals surface area contributed by atoms with Gasteiger partial charge in [-0.25, -0.2) is 0 Å². The molecule has 0 bridgehead atoms. The summed E-state index contributed by atoms with van der Waals surface area (Å²) < 4.78 is 39.9. The number of rotatable bonds is 7. The highest BCUT2D eigenvalue weighted by Gasteiger charge is 2.31. The lowest BCUT2D eigenvalue weighted by molar-refractivity contribution is -0.117. The molecule has 3 rings (SSSR count). The molecule has 0 atom stereocenters. The van der Waals surface area contributed by atoms with Crippen molar-refractivity contribution in [1.29, 1.82) is 0 Å². The number of hydrogen-bond acceptors (Lipinski definition) is 6. The van der Waals surface area contributed by atoms with Gasteiger partial charge in [0.25, 0.3) is 10.2 Å². The molecule has 0 aromatic heterocycles. The Hall–Kier alpha value is -1.40. The minimum absolute atomic E-state index is 0.164. The number of hydrogen-bond donors (Lipinski definition) is 1. The van der Waals surface area contributed by atoms with E-state index in [0.29, 0.717) is 74.1 Å². The van der Waals surface area contributed by atoms with Crippen molar-refractivity contribution in [2.24, 2.45) is 0 Å². The van der Waals surface area contributed by atoms with E-state index in [2.05, 4.69) is 21.2 Å². The van der Waals surface area contributed by atoms with Crippen molar-refractivity contribution >= 4 is 37.7 Å². The molecule has 1 N–H and O–H groups in total. The predicted octanol–water partition coefficient (Wildman–Crippen LogP) is 1.36. The maximum atomic E-state index is 12.6. The second kappa shape index (κ2) is 9.61. The van der Waals surface area contributed by atoms with E-state index in [1.54, 1.807) is 12.1 Å². The fourth-order valence-corrected chi connectivity index (χ4v) is 5.41. The minimum Gasteiger partial charge on any atom is -0.486 e. The van der Waals surface area contributed by atoms with Crippen molar-refractivity contribution in [3.63, 3.8) is 0 Å². The van der Waals surface area contributed by atoms with Crippen LogP contribution >= 0.6 is 15.9 Å². The first-order valence-corrected chi connectivity index (χ1v) is 11.9. The van der Waals surface area contributed by atoms with Crippen molar-refractivity contribution in [3.8, 4) is 11.5 Å².